The maximum absolute atomic E-state index is 13.4. The van der Waals surface area contributed by atoms with Crippen molar-refractivity contribution in [3.05, 3.63) is 71.1 Å². The Labute approximate surface area is 229 Å². The second-order valence-corrected chi connectivity index (χ2v) is 11.3. The number of fused-ring (bicyclic) bond motifs is 1. The highest BCUT2D eigenvalue weighted by Crippen LogP contribution is 2.28. The first-order chi connectivity index (χ1) is 19.0. The number of piperidine rings is 1. The van der Waals surface area contributed by atoms with E-state index < -0.39 is 0 Å². The number of aryl methyl sites for hydroxylation is 1. The van der Waals surface area contributed by atoms with Crippen LogP contribution in [-0.4, -0.2) is 56.8 Å². The molecule has 6 rings (SSSR count). The number of nitrogens with zero attached hydrogens (tertiary/aromatic N) is 5. The monoisotopic (exact) mass is 527 g/mol. The normalized spacial score (nSPS) is 17.4. The first-order valence-electron chi connectivity index (χ1n) is 14.2. The lowest BCUT2D eigenvalue weighted by molar-refractivity contribution is 0.0687. The lowest BCUT2D eigenvalue weighted by Gasteiger charge is -2.31. The Balaban J connectivity index is 1.09. The summed E-state index contributed by atoms with van der Waals surface area (Å²) in [5.74, 6) is 3.80. The van der Waals surface area contributed by atoms with Gasteiger partial charge in [-0.25, -0.2) is 4.98 Å². The SMILES string of the molecule is Cc1nc2cc(C(=O)N3CCC(Cc4nc(C5CCOCC5)no4)CC3)ccc2n1-c1ccc(C(C)C)cc1. The number of benzene rings is 2. The zero-order valence-corrected chi connectivity index (χ0v) is 23.1. The molecule has 8 heteroatoms. The third-order valence-electron chi connectivity index (χ3n) is 8.32. The topological polar surface area (TPSA) is 86.3 Å². The van der Waals surface area contributed by atoms with Crippen molar-refractivity contribution in [3.8, 4) is 5.69 Å². The molecule has 2 aliphatic rings. The number of carbonyl (C=O) groups excluding carboxylic acids is 1. The van der Waals surface area contributed by atoms with E-state index in [2.05, 4.69) is 52.8 Å². The maximum Gasteiger partial charge on any atom is 0.253 e. The lowest BCUT2D eigenvalue weighted by atomic mass is 9.93. The van der Waals surface area contributed by atoms with Crippen molar-refractivity contribution in [2.75, 3.05) is 26.3 Å². The molecule has 0 unspecified atom stereocenters. The van der Waals surface area contributed by atoms with Crippen molar-refractivity contribution in [1.29, 1.82) is 0 Å². The number of amides is 1. The minimum Gasteiger partial charge on any atom is -0.381 e. The molecule has 0 atom stereocenters. The van der Waals surface area contributed by atoms with Gasteiger partial charge in [-0.1, -0.05) is 31.1 Å². The van der Waals surface area contributed by atoms with Crippen molar-refractivity contribution in [2.24, 2.45) is 5.92 Å². The summed E-state index contributed by atoms with van der Waals surface area (Å²) in [6.07, 6.45) is 4.55. The Morgan fingerprint density at radius 2 is 1.74 bits per heavy atom. The predicted octanol–water partition coefficient (Wildman–Crippen LogP) is 5.83. The van der Waals surface area contributed by atoms with E-state index in [4.69, 9.17) is 14.2 Å². The van der Waals surface area contributed by atoms with E-state index >= 15 is 0 Å². The van der Waals surface area contributed by atoms with Crippen molar-refractivity contribution < 1.29 is 14.1 Å². The fourth-order valence-corrected chi connectivity index (χ4v) is 5.91. The van der Waals surface area contributed by atoms with Gasteiger partial charge in [0.2, 0.25) is 5.89 Å². The van der Waals surface area contributed by atoms with Crippen LogP contribution < -0.4 is 0 Å². The summed E-state index contributed by atoms with van der Waals surface area (Å²) in [5, 5.41) is 4.24. The number of carbonyl (C=O) groups is 1. The zero-order chi connectivity index (χ0) is 26.9. The second-order valence-electron chi connectivity index (χ2n) is 11.3. The van der Waals surface area contributed by atoms with Crippen LogP contribution in [0, 0.1) is 12.8 Å². The first kappa shape index (κ1) is 25.7. The fourth-order valence-electron chi connectivity index (χ4n) is 5.91. The molecule has 4 aromatic rings. The van der Waals surface area contributed by atoms with Crippen LogP contribution in [-0.2, 0) is 11.2 Å². The van der Waals surface area contributed by atoms with Crippen LogP contribution in [0.3, 0.4) is 0 Å². The van der Waals surface area contributed by atoms with Crippen LogP contribution in [0.1, 0.15) is 84.8 Å². The minimum absolute atomic E-state index is 0.0726. The van der Waals surface area contributed by atoms with Gasteiger partial charge < -0.3 is 14.2 Å². The maximum atomic E-state index is 13.4. The molecular weight excluding hydrogens is 490 g/mol. The van der Waals surface area contributed by atoms with Gasteiger partial charge in [0.25, 0.3) is 5.91 Å². The Morgan fingerprint density at radius 1 is 1.00 bits per heavy atom. The standard InChI is InChI=1S/C31H37N5O3/c1-20(2)23-4-7-26(8-5-23)36-21(3)32-27-19-25(6-9-28(27)36)31(37)35-14-10-22(11-15-35)18-29-33-30(34-39-29)24-12-16-38-17-13-24/h4-9,19-20,22,24H,10-18H2,1-3H3. The molecule has 1 amide bonds. The summed E-state index contributed by atoms with van der Waals surface area (Å²) in [4.78, 5) is 24.8. The van der Waals surface area contributed by atoms with Crippen molar-refractivity contribution in [2.45, 2.75) is 64.7 Å². The van der Waals surface area contributed by atoms with E-state index in [0.717, 1.165) is 92.7 Å². The lowest BCUT2D eigenvalue weighted by Crippen LogP contribution is -2.38. The van der Waals surface area contributed by atoms with Gasteiger partial charge in [0.1, 0.15) is 5.82 Å². The Hall–Kier alpha value is -3.52. The number of aromatic nitrogens is 4. The van der Waals surface area contributed by atoms with E-state index in [1.54, 1.807) is 0 Å². The molecule has 0 bridgehead atoms. The van der Waals surface area contributed by atoms with Gasteiger partial charge in [-0.3, -0.25) is 9.36 Å². The molecule has 0 spiro atoms. The largest absolute Gasteiger partial charge is 0.381 e. The van der Waals surface area contributed by atoms with E-state index in [1.165, 1.54) is 5.56 Å². The summed E-state index contributed by atoms with van der Waals surface area (Å²) in [7, 11) is 0. The van der Waals surface area contributed by atoms with Gasteiger partial charge in [0.05, 0.1) is 11.0 Å². The number of likely N-dealkylation sites (tertiary alicyclic amines) is 1. The molecule has 2 aliphatic heterocycles. The van der Waals surface area contributed by atoms with E-state index in [1.807, 2.05) is 30.0 Å². The van der Waals surface area contributed by atoms with Crippen molar-refractivity contribution in [1.82, 2.24) is 24.6 Å². The molecule has 8 nitrogen and oxygen atoms in total. The summed E-state index contributed by atoms with van der Waals surface area (Å²) in [6, 6.07) is 14.5. The number of ether oxygens (including phenoxy) is 1. The molecule has 4 heterocycles. The molecule has 0 radical (unpaired) electrons. The van der Waals surface area contributed by atoms with E-state index in [9.17, 15) is 4.79 Å². The Bertz CT molecular complexity index is 1440. The third kappa shape index (κ3) is 5.35. The number of hydrogen-bond acceptors (Lipinski definition) is 6. The summed E-state index contributed by atoms with van der Waals surface area (Å²) in [6.45, 7) is 9.41. The Kier molecular flexibility index (Phi) is 7.21. The fraction of sp³-hybridized carbons (Fsp3) is 0.484. The van der Waals surface area contributed by atoms with Crippen LogP contribution in [0.2, 0.25) is 0 Å². The van der Waals surface area contributed by atoms with Crippen LogP contribution in [0.25, 0.3) is 16.7 Å². The molecule has 39 heavy (non-hydrogen) atoms. The second kappa shape index (κ2) is 10.9. The molecule has 2 fully saturated rings. The minimum atomic E-state index is 0.0726. The van der Waals surface area contributed by atoms with Gasteiger partial charge in [0, 0.05) is 49.9 Å². The molecule has 0 aliphatic carbocycles. The quantitative estimate of drug-likeness (QED) is 0.314. The predicted molar refractivity (Wildman–Crippen MR) is 149 cm³/mol. The van der Waals surface area contributed by atoms with Gasteiger partial charge in [-0.05, 0) is 80.3 Å². The number of rotatable bonds is 6. The number of hydrogen-bond donors (Lipinski definition) is 0. The molecular formula is C31H37N5O3. The Morgan fingerprint density at radius 3 is 2.46 bits per heavy atom. The summed E-state index contributed by atoms with van der Waals surface area (Å²) >= 11 is 0. The van der Waals surface area contributed by atoms with Crippen LogP contribution >= 0.6 is 0 Å². The molecule has 0 saturated carbocycles. The average Bonchev–Trinajstić information content (AvgIpc) is 3.56. The highest BCUT2D eigenvalue weighted by atomic mass is 16.5. The highest BCUT2D eigenvalue weighted by Gasteiger charge is 2.27. The van der Waals surface area contributed by atoms with Crippen LogP contribution in [0.4, 0.5) is 0 Å². The summed E-state index contributed by atoms with van der Waals surface area (Å²) in [5.41, 5.74) is 4.95. The van der Waals surface area contributed by atoms with Gasteiger partial charge >= 0.3 is 0 Å². The van der Waals surface area contributed by atoms with Crippen LogP contribution in [0.5, 0.6) is 0 Å². The van der Waals surface area contributed by atoms with E-state index in [0.29, 0.717) is 23.3 Å². The molecule has 2 aromatic heterocycles. The molecule has 2 saturated heterocycles. The molecule has 204 valence electrons. The van der Waals surface area contributed by atoms with E-state index in [-0.39, 0.29) is 5.91 Å². The van der Waals surface area contributed by atoms with Gasteiger partial charge in [0.15, 0.2) is 5.82 Å². The van der Waals surface area contributed by atoms with Gasteiger partial charge in [-0.15, -0.1) is 0 Å². The zero-order valence-electron chi connectivity index (χ0n) is 23.1. The first-order valence-corrected chi connectivity index (χ1v) is 14.2. The van der Waals surface area contributed by atoms with Crippen molar-refractivity contribution >= 4 is 16.9 Å². The smallest absolute Gasteiger partial charge is 0.253 e. The molecule has 2 aromatic carbocycles. The average molecular weight is 528 g/mol. The van der Waals surface area contributed by atoms with Crippen LogP contribution in [0.15, 0.2) is 47.0 Å². The highest BCUT2D eigenvalue weighted by molar-refractivity contribution is 5.97. The summed E-state index contributed by atoms with van der Waals surface area (Å²) < 4.78 is 13.2. The van der Waals surface area contributed by atoms with Crippen molar-refractivity contribution in [3.63, 3.8) is 0 Å². The molecule has 0 N–H and O–H groups in total. The third-order valence-corrected chi connectivity index (χ3v) is 8.32. The number of imidazole rings is 1. The van der Waals surface area contributed by atoms with Gasteiger partial charge in [-0.2, -0.15) is 4.98 Å².